The molecule has 0 amide bonds. The highest BCUT2D eigenvalue weighted by Gasteiger charge is 2.60. The minimum Gasteiger partial charge on any atom is -0.493 e. The molecule has 4 rings (SSSR count). The molecule has 0 unspecified atom stereocenters. The third-order valence-corrected chi connectivity index (χ3v) is 7.59. The average molecular weight is 667 g/mol. The summed E-state index contributed by atoms with van der Waals surface area (Å²) in [6, 6.07) is 11.0. The molecule has 2 aliphatic rings. The first-order valence-corrected chi connectivity index (χ1v) is 14.4. The summed E-state index contributed by atoms with van der Waals surface area (Å²) < 4.78 is 43.4. The molecule has 0 radical (unpaired) electrons. The van der Waals surface area contributed by atoms with Crippen molar-refractivity contribution in [2.45, 2.75) is 54.8 Å². The number of esters is 2. The minimum absolute atomic E-state index is 0.206. The van der Waals surface area contributed by atoms with E-state index in [9.17, 15) is 40.2 Å². The highest BCUT2D eigenvalue weighted by atomic mass is 16.8. The molecule has 2 fully saturated rings. The molecule has 9 atom stereocenters. The van der Waals surface area contributed by atoms with Crippen molar-refractivity contribution in [3.05, 3.63) is 59.7 Å². The van der Waals surface area contributed by atoms with E-state index in [1.54, 1.807) is 30.3 Å². The minimum atomic E-state index is -2.44. The molecule has 2 aromatic carbocycles. The molecule has 0 bridgehead atoms. The molecular formula is C31H38O16. The quantitative estimate of drug-likeness (QED) is 0.108. The van der Waals surface area contributed by atoms with E-state index >= 15 is 0 Å². The second-order valence-corrected chi connectivity index (χ2v) is 10.5. The van der Waals surface area contributed by atoms with Crippen LogP contribution in [0.2, 0.25) is 0 Å². The molecule has 0 spiro atoms. The van der Waals surface area contributed by atoms with Crippen molar-refractivity contribution in [3.8, 4) is 17.2 Å². The molecule has 2 aromatic rings. The third-order valence-electron chi connectivity index (χ3n) is 7.59. The van der Waals surface area contributed by atoms with Crippen LogP contribution in [0.3, 0.4) is 0 Å². The van der Waals surface area contributed by atoms with Crippen LogP contribution in [0.1, 0.15) is 15.9 Å². The molecule has 0 saturated carbocycles. The first-order chi connectivity index (χ1) is 22.5. The number of hydrogen-bond donors (Lipinski definition) is 6. The summed E-state index contributed by atoms with van der Waals surface area (Å²) in [5, 5.41) is 62.8. The highest BCUT2D eigenvalue weighted by molar-refractivity contribution is 5.89. The van der Waals surface area contributed by atoms with E-state index in [0.29, 0.717) is 22.8 Å². The van der Waals surface area contributed by atoms with Gasteiger partial charge in [-0.3, -0.25) is 0 Å². The van der Waals surface area contributed by atoms with Gasteiger partial charge >= 0.3 is 11.9 Å². The van der Waals surface area contributed by atoms with Crippen LogP contribution in [0.5, 0.6) is 17.2 Å². The standard InChI is InChI=1S/C31H38O16/c1-40-18-11-16(12-19(41-2)27(18)42-3)9-10-22(34)45-28-24(36)20(13-32)46-31(28,15-33)47-30-26(38)25(37)23(35)21(44-30)14-43-29(39)17-7-5-4-6-8-17/h4-12,20-21,23-26,28,30,32-33,35-38H,13-15H2,1-3H3/b10-9+/t20-,21-,23-,24-,25-,26-,28+,30-,31+/m1/s1. The number of hydrogen-bond acceptors (Lipinski definition) is 16. The zero-order chi connectivity index (χ0) is 34.3. The molecule has 6 N–H and O–H groups in total. The van der Waals surface area contributed by atoms with Gasteiger partial charge in [-0.05, 0) is 35.9 Å². The second-order valence-electron chi connectivity index (χ2n) is 10.5. The number of aliphatic hydroxyl groups excluding tert-OH is 6. The fourth-order valence-corrected chi connectivity index (χ4v) is 5.10. The van der Waals surface area contributed by atoms with E-state index in [1.165, 1.54) is 39.5 Å². The third kappa shape index (κ3) is 7.83. The summed E-state index contributed by atoms with van der Waals surface area (Å²) in [5.41, 5.74) is 0.639. The Hall–Kier alpha value is -3.84. The summed E-state index contributed by atoms with van der Waals surface area (Å²) in [4.78, 5) is 25.4. The van der Waals surface area contributed by atoms with E-state index < -0.39 is 86.6 Å². The number of ether oxygens (including phenoxy) is 8. The monoisotopic (exact) mass is 666 g/mol. The van der Waals surface area contributed by atoms with Gasteiger partial charge < -0.3 is 68.5 Å². The summed E-state index contributed by atoms with van der Waals surface area (Å²) in [6.45, 7) is -2.49. The zero-order valence-electron chi connectivity index (χ0n) is 25.7. The Morgan fingerprint density at radius 1 is 0.872 bits per heavy atom. The van der Waals surface area contributed by atoms with E-state index in [-0.39, 0.29) is 5.56 Å². The first kappa shape index (κ1) is 36.0. The van der Waals surface area contributed by atoms with Gasteiger partial charge in [0.15, 0.2) is 23.9 Å². The Morgan fingerprint density at radius 2 is 1.53 bits per heavy atom. The molecular weight excluding hydrogens is 628 g/mol. The van der Waals surface area contributed by atoms with Gasteiger partial charge in [-0.2, -0.15) is 0 Å². The maximum Gasteiger partial charge on any atom is 0.338 e. The van der Waals surface area contributed by atoms with Crippen molar-refractivity contribution in [1.29, 1.82) is 0 Å². The van der Waals surface area contributed by atoms with E-state index in [2.05, 4.69) is 0 Å². The maximum absolute atomic E-state index is 13.0. The number of carbonyl (C=O) groups is 2. The Balaban J connectivity index is 1.52. The summed E-state index contributed by atoms with van der Waals surface area (Å²) in [5.74, 6) is -3.30. The van der Waals surface area contributed by atoms with E-state index in [1.807, 2.05) is 0 Å². The van der Waals surface area contributed by atoms with Gasteiger partial charge in [0.2, 0.25) is 11.5 Å². The van der Waals surface area contributed by atoms with Crippen molar-refractivity contribution >= 4 is 18.0 Å². The van der Waals surface area contributed by atoms with Crippen molar-refractivity contribution in [3.63, 3.8) is 0 Å². The van der Waals surface area contributed by atoms with Gasteiger partial charge in [0, 0.05) is 6.08 Å². The molecule has 0 aliphatic carbocycles. The molecule has 16 nitrogen and oxygen atoms in total. The molecule has 2 aliphatic heterocycles. The second kappa shape index (κ2) is 15.8. The van der Waals surface area contributed by atoms with Crippen LogP contribution in [-0.4, -0.2) is 139 Å². The summed E-state index contributed by atoms with van der Waals surface area (Å²) >= 11 is 0. The Bertz CT molecular complexity index is 1360. The first-order valence-electron chi connectivity index (χ1n) is 14.4. The van der Waals surface area contributed by atoms with Crippen LogP contribution in [0.25, 0.3) is 6.08 Å². The molecule has 0 aromatic heterocycles. The van der Waals surface area contributed by atoms with Gasteiger partial charge in [-0.15, -0.1) is 0 Å². The van der Waals surface area contributed by atoms with Crippen LogP contribution in [0.15, 0.2) is 48.5 Å². The number of carbonyl (C=O) groups excluding carboxylic acids is 2. The van der Waals surface area contributed by atoms with Crippen LogP contribution < -0.4 is 14.2 Å². The summed E-state index contributed by atoms with van der Waals surface area (Å²) in [7, 11) is 4.26. The molecule has 2 saturated heterocycles. The van der Waals surface area contributed by atoms with Gasteiger partial charge in [0.1, 0.15) is 49.8 Å². The zero-order valence-corrected chi connectivity index (χ0v) is 25.7. The fourth-order valence-electron chi connectivity index (χ4n) is 5.10. The largest absolute Gasteiger partial charge is 0.493 e. The lowest BCUT2D eigenvalue weighted by atomic mass is 9.98. The lowest BCUT2D eigenvalue weighted by molar-refractivity contribution is -0.383. The number of rotatable bonds is 13. The van der Waals surface area contributed by atoms with Crippen molar-refractivity contribution in [2.75, 3.05) is 41.2 Å². The van der Waals surface area contributed by atoms with Crippen LogP contribution in [-0.2, 0) is 28.5 Å². The Morgan fingerprint density at radius 3 is 2.11 bits per heavy atom. The lowest BCUT2D eigenvalue weighted by Gasteiger charge is -2.43. The van der Waals surface area contributed by atoms with Crippen molar-refractivity contribution in [1.82, 2.24) is 0 Å². The Labute approximate surface area is 269 Å². The van der Waals surface area contributed by atoms with Crippen LogP contribution >= 0.6 is 0 Å². The van der Waals surface area contributed by atoms with Gasteiger partial charge in [0.05, 0.1) is 33.5 Å². The van der Waals surface area contributed by atoms with E-state index in [0.717, 1.165) is 6.08 Å². The van der Waals surface area contributed by atoms with E-state index in [4.69, 9.17) is 37.9 Å². The number of benzene rings is 2. The SMILES string of the molecule is COc1cc(/C=C/C(=O)O[C@H]2[C@H](O)[C@@H](CO)O[C@@]2(CO)O[C@H]2O[C@H](COC(=O)c3ccccc3)[C@@H](O)[C@@H](O)[C@H]2O)cc(OC)c1OC. The molecule has 47 heavy (non-hydrogen) atoms. The number of methoxy groups -OCH3 is 3. The molecule has 258 valence electrons. The topological polar surface area (TPSA) is 229 Å². The van der Waals surface area contributed by atoms with Crippen molar-refractivity contribution in [2.24, 2.45) is 0 Å². The van der Waals surface area contributed by atoms with Crippen LogP contribution in [0, 0.1) is 0 Å². The summed E-state index contributed by atoms with van der Waals surface area (Å²) in [6.07, 6.45) is -11.6. The Kier molecular flexibility index (Phi) is 12.1. The van der Waals surface area contributed by atoms with Gasteiger partial charge in [-0.1, -0.05) is 18.2 Å². The lowest BCUT2D eigenvalue weighted by Crippen LogP contribution is -2.63. The van der Waals surface area contributed by atoms with Crippen molar-refractivity contribution < 1.29 is 78.1 Å². The maximum atomic E-state index is 13.0. The molecule has 16 heteroatoms. The predicted octanol–water partition coefficient (Wildman–Crippen LogP) is -1.24. The fraction of sp³-hybridized carbons (Fsp3) is 0.484. The predicted molar refractivity (Wildman–Crippen MR) is 157 cm³/mol. The molecule has 2 heterocycles. The van der Waals surface area contributed by atoms with Crippen LogP contribution in [0.4, 0.5) is 0 Å². The van der Waals surface area contributed by atoms with Gasteiger partial charge in [0.25, 0.3) is 0 Å². The van der Waals surface area contributed by atoms with Gasteiger partial charge in [-0.25, -0.2) is 9.59 Å². The smallest absolute Gasteiger partial charge is 0.338 e. The average Bonchev–Trinajstić information content (AvgIpc) is 3.36. The number of aliphatic hydroxyl groups is 6. The highest BCUT2D eigenvalue weighted by Crippen LogP contribution is 2.40. The normalized spacial score (nSPS) is 30.6.